The number of rotatable bonds is 2. The van der Waals surface area contributed by atoms with E-state index in [1.165, 1.54) is 23.3 Å². The maximum absolute atomic E-state index is 11.5. The summed E-state index contributed by atoms with van der Waals surface area (Å²) in [6.07, 6.45) is 0. The fourth-order valence-electron chi connectivity index (χ4n) is 1.19. The third-order valence-electron chi connectivity index (χ3n) is 2.11. The molecule has 0 saturated carbocycles. The average molecular weight is 227 g/mol. The van der Waals surface area contributed by atoms with E-state index in [0.717, 1.165) is 5.69 Å². The largest absolute Gasteiger partial charge is 0.465 e. The molecule has 4 heteroatoms. The SMILES string of the molecule is CNc1cc(C(C)(C)C)sc1C(=O)OC. The lowest BCUT2D eigenvalue weighted by molar-refractivity contribution is 0.0607. The molecule has 0 aliphatic heterocycles. The van der Waals surface area contributed by atoms with Crippen LogP contribution in [0.2, 0.25) is 0 Å². The summed E-state index contributed by atoms with van der Waals surface area (Å²) in [5.74, 6) is -0.278. The highest BCUT2D eigenvalue weighted by molar-refractivity contribution is 7.14. The van der Waals surface area contributed by atoms with Crippen LogP contribution in [0, 0.1) is 0 Å². The van der Waals surface area contributed by atoms with Gasteiger partial charge in [-0.15, -0.1) is 11.3 Å². The lowest BCUT2D eigenvalue weighted by Crippen LogP contribution is -2.08. The normalized spacial score (nSPS) is 11.3. The van der Waals surface area contributed by atoms with Gasteiger partial charge in [-0.1, -0.05) is 20.8 Å². The van der Waals surface area contributed by atoms with Crippen LogP contribution in [0.3, 0.4) is 0 Å². The molecule has 3 nitrogen and oxygen atoms in total. The van der Waals surface area contributed by atoms with Gasteiger partial charge in [0.25, 0.3) is 0 Å². The molecule has 1 N–H and O–H groups in total. The highest BCUT2D eigenvalue weighted by atomic mass is 32.1. The second kappa shape index (κ2) is 4.23. The van der Waals surface area contributed by atoms with E-state index in [9.17, 15) is 4.79 Å². The molecule has 0 bridgehead atoms. The standard InChI is InChI=1S/C11H17NO2S/c1-11(2,3)8-6-7(12-4)9(15-8)10(13)14-5/h6,12H,1-5H3. The summed E-state index contributed by atoms with van der Waals surface area (Å²) in [5, 5.41) is 3.01. The number of methoxy groups -OCH3 is 1. The van der Waals surface area contributed by atoms with E-state index in [0.29, 0.717) is 4.88 Å². The Balaban J connectivity index is 3.17. The van der Waals surface area contributed by atoms with Gasteiger partial charge in [0, 0.05) is 11.9 Å². The minimum Gasteiger partial charge on any atom is -0.465 e. The average Bonchev–Trinajstić information content (AvgIpc) is 2.59. The molecule has 0 amide bonds. The zero-order valence-corrected chi connectivity index (χ0v) is 10.6. The maximum atomic E-state index is 11.5. The molecule has 0 spiro atoms. The molecular weight excluding hydrogens is 210 g/mol. The van der Waals surface area contributed by atoms with Gasteiger partial charge in [0.1, 0.15) is 4.88 Å². The van der Waals surface area contributed by atoms with Crippen molar-refractivity contribution >= 4 is 23.0 Å². The second-order valence-corrected chi connectivity index (χ2v) is 5.40. The quantitative estimate of drug-likeness (QED) is 0.789. The molecule has 0 unspecified atom stereocenters. The van der Waals surface area contributed by atoms with Crippen LogP contribution in [0.15, 0.2) is 6.07 Å². The summed E-state index contributed by atoms with van der Waals surface area (Å²) in [6.45, 7) is 6.37. The molecule has 15 heavy (non-hydrogen) atoms. The van der Waals surface area contributed by atoms with Crippen LogP contribution in [0.1, 0.15) is 35.3 Å². The third-order valence-corrected chi connectivity index (χ3v) is 3.65. The van der Waals surface area contributed by atoms with Crippen LogP contribution < -0.4 is 5.32 Å². The number of carbonyl (C=O) groups is 1. The molecule has 1 rings (SSSR count). The molecule has 1 aromatic rings. The van der Waals surface area contributed by atoms with Crippen molar-refractivity contribution in [2.75, 3.05) is 19.5 Å². The van der Waals surface area contributed by atoms with E-state index in [-0.39, 0.29) is 11.4 Å². The number of esters is 1. The van der Waals surface area contributed by atoms with Crippen molar-refractivity contribution in [1.82, 2.24) is 0 Å². The Kier molecular flexibility index (Phi) is 3.39. The summed E-state index contributed by atoms with van der Waals surface area (Å²) < 4.78 is 4.74. The number of anilines is 1. The summed E-state index contributed by atoms with van der Waals surface area (Å²) in [6, 6.07) is 2.01. The summed E-state index contributed by atoms with van der Waals surface area (Å²) >= 11 is 1.49. The molecule has 84 valence electrons. The second-order valence-electron chi connectivity index (χ2n) is 4.35. The van der Waals surface area contributed by atoms with Gasteiger partial charge < -0.3 is 10.1 Å². The van der Waals surface area contributed by atoms with E-state index in [1.807, 2.05) is 6.07 Å². The van der Waals surface area contributed by atoms with E-state index in [2.05, 4.69) is 26.1 Å². The smallest absolute Gasteiger partial charge is 0.350 e. The lowest BCUT2D eigenvalue weighted by atomic mass is 9.94. The minimum atomic E-state index is -0.278. The predicted molar refractivity (Wildman–Crippen MR) is 63.9 cm³/mol. The molecule has 0 atom stereocenters. The number of hydrogen-bond donors (Lipinski definition) is 1. The number of thiophene rings is 1. The first-order valence-corrected chi connectivity index (χ1v) is 5.62. The van der Waals surface area contributed by atoms with Crippen LogP contribution in [0.5, 0.6) is 0 Å². The van der Waals surface area contributed by atoms with Crippen molar-refractivity contribution in [3.8, 4) is 0 Å². The van der Waals surface area contributed by atoms with Crippen molar-refractivity contribution < 1.29 is 9.53 Å². The molecule has 0 saturated heterocycles. The van der Waals surface area contributed by atoms with Crippen LogP contribution in [0.4, 0.5) is 5.69 Å². The van der Waals surface area contributed by atoms with Crippen molar-refractivity contribution in [3.63, 3.8) is 0 Å². The maximum Gasteiger partial charge on any atom is 0.350 e. The van der Waals surface area contributed by atoms with Gasteiger partial charge in [-0.2, -0.15) is 0 Å². The van der Waals surface area contributed by atoms with Gasteiger partial charge in [0.05, 0.1) is 12.8 Å². The van der Waals surface area contributed by atoms with E-state index < -0.39 is 0 Å². The summed E-state index contributed by atoms with van der Waals surface area (Å²) in [4.78, 5) is 13.3. The predicted octanol–water partition coefficient (Wildman–Crippen LogP) is 2.87. The number of carbonyl (C=O) groups excluding carboxylic acids is 1. The van der Waals surface area contributed by atoms with Crippen molar-refractivity contribution in [2.45, 2.75) is 26.2 Å². The van der Waals surface area contributed by atoms with E-state index in [1.54, 1.807) is 7.05 Å². The zero-order chi connectivity index (χ0) is 11.6. The molecule has 1 aromatic heterocycles. The molecule has 0 radical (unpaired) electrons. The highest BCUT2D eigenvalue weighted by Crippen LogP contribution is 2.35. The van der Waals surface area contributed by atoms with Crippen molar-refractivity contribution in [2.24, 2.45) is 0 Å². The Bertz CT molecular complexity index is 363. The van der Waals surface area contributed by atoms with Gasteiger partial charge in [-0.25, -0.2) is 4.79 Å². The molecule has 0 aliphatic carbocycles. The van der Waals surface area contributed by atoms with Gasteiger partial charge in [0.15, 0.2) is 0 Å². The first-order valence-electron chi connectivity index (χ1n) is 4.80. The number of ether oxygens (including phenoxy) is 1. The highest BCUT2D eigenvalue weighted by Gasteiger charge is 2.22. The lowest BCUT2D eigenvalue weighted by Gasteiger charge is -2.15. The minimum absolute atomic E-state index is 0.0581. The Morgan fingerprint density at radius 2 is 2.07 bits per heavy atom. The van der Waals surface area contributed by atoms with Crippen molar-refractivity contribution in [3.05, 3.63) is 15.8 Å². The van der Waals surface area contributed by atoms with Crippen LogP contribution in [-0.4, -0.2) is 20.1 Å². The monoisotopic (exact) mass is 227 g/mol. The summed E-state index contributed by atoms with van der Waals surface area (Å²) in [7, 11) is 3.21. The number of hydrogen-bond acceptors (Lipinski definition) is 4. The molecule has 1 heterocycles. The summed E-state index contributed by atoms with van der Waals surface area (Å²) in [5.41, 5.74) is 0.902. The third kappa shape index (κ3) is 2.50. The van der Waals surface area contributed by atoms with Gasteiger partial charge >= 0.3 is 5.97 Å². The molecular formula is C11H17NO2S. The Labute approximate surface area is 94.5 Å². The fourth-order valence-corrected chi connectivity index (χ4v) is 2.33. The van der Waals surface area contributed by atoms with Gasteiger partial charge in [-0.05, 0) is 11.5 Å². The van der Waals surface area contributed by atoms with Crippen LogP contribution in [0.25, 0.3) is 0 Å². The Hall–Kier alpha value is -1.03. The first kappa shape index (κ1) is 12.0. The number of nitrogens with one attached hydrogen (secondary N) is 1. The Morgan fingerprint density at radius 1 is 1.47 bits per heavy atom. The molecule has 0 aromatic carbocycles. The van der Waals surface area contributed by atoms with Crippen LogP contribution >= 0.6 is 11.3 Å². The topological polar surface area (TPSA) is 38.3 Å². The first-order chi connectivity index (χ1) is 6.90. The van der Waals surface area contributed by atoms with Gasteiger partial charge in [-0.3, -0.25) is 0 Å². The van der Waals surface area contributed by atoms with E-state index >= 15 is 0 Å². The van der Waals surface area contributed by atoms with Gasteiger partial charge in [0.2, 0.25) is 0 Å². The fraction of sp³-hybridized carbons (Fsp3) is 0.545. The van der Waals surface area contributed by atoms with Crippen molar-refractivity contribution in [1.29, 1.82) is 0 Å². The Morgan fingerprint density at radius 3 is 2.47 bits per heavy atom. The molecule has 0 fully saturated rings. The van der Waals surface area contributed by atoms with E-state index in [4.69, 9.17) is 4.74 Å². The zero-order valence-electron chi connectivity index (χ0n) is 9.80. The molecule has 0 aliphatic rings. The van der Waals surface area contributed by atoms with Crippen LogP contribution in [-0.2, 0) is 10.2 Å².